The molecule has 0 spiro atoms. The number of aromatic nitrogens is 1. The molecule has 1 aromatic heterocycles. The first-order chi connectivity index (χ1) is 11.0. The molecule has 0 bridgehead atoms. The Balaban J connectivity index is 0.00000208. The summed E-state index contributed by atoms with van der Waals surface area (Å²) in [5.41, 5.74) is 1.38. The highest BCUT2D eigenvalue weighted by Gasteiger charge is 2.24. The lowest BCUT2D eigenvalue weighted by Gasteiger charge is -2.07. The van der Waals surface area contributed by atoms with Crippen LogP contribution in [-0.4, -0.2) is 13.4 Å². The van der Waals surface area contributed by atoms with Gasteiger partial charge in [0.05, 0.1) is 5.69 Å². The molecule has 126 valence electrons. The van der Waals surface area contributed by atoms with Crippen LogP contribution in [-0.2, 0) is 10.0 Å². The second-order valence-corrected chi connectivity index (χ2v) is 7.04. The van der Waals surface area contributed by atoms with E-state index >= 15 is 0 Å². The molecule has 0 fully saturated rings. The molecule has 0 amide bonds. The van der Waals surface area contributed by atoms with Crippen molar-refractivity contribution in [3.8, 4) is 11.3 Å². The predicted molar refractivity (Wildman–Crippen MR) is 92.0 cm³/mol. The van der Waals surface area contributed by atoms with E-state index in [-0.39, 0.29) is 17.5 Å². The van der Waals surface area contributed by atoms with Crippen molar-refractivity contribution in [1.29, 1.82) is 0 Å². The maximum Gasteiger partial charge on any atom is 0.269 e. The van der Waals surface area contributed by atoms with Gasteiger partial charge >= 0.3 is 0 Å². The van der Waals surface area contributed by atoms with Crippen molar-refractivity contribution in [3.63, 3.8) is 0 Å². The molecule has 1 N–H and O–H groups in total. The summed E-state index contributed by atoms with van der Waals surface area (Å²) in [4.78, 5) is 3.12. The second kappa shape index (κ2) is 7.25. The van der Waals surface area contributed by atoms with Gasteiger partial charge in [0.2, 0.25) is 0 Å². The van der Waals surface area contributed by atoms with E-state index in [2.05, 4.69) is 9.71 Å². The first kappa shape index (κ1) is 18.3. The van der Waals surface area contributed by atoms with Crippen LogP contribution in [0.3, 0.4) is 0 Å². The van der Waals surface area contributed by atoms with Crippen LogP contribution in [0.25, 0.3) is 11.3 Å². The molecule has 4 nitrogen and oxygen atoms in total. The predicted octanol–water partition coefficient (Wildman–Crippen LogP) is 4.31. The van der Waals surface area contributed by atoms with Gasteiger partial charge < -0.3 is 0 Å². The van der Waals surface area contributed by atoms with Crippen LogP contribution in [0, 0.1) is 11.6 Å². The topological polar surface area (TPSA) is 59.1 Å². The van der Waals surface area contributed by atoms with Gasteiger partial charge in [0.15, 0.2) is 10.0 Å². The first-order valence-electron chi connectivity index (χ1n) is 6.45. The summed E-state index contributed by atoms with van der Waals surface area (Å²) in [5.74, 6) is -2.31. The third-order valence-electron chi connectivity index (χ3n) is 2.98. The Kier molecular flexibility index (Phi) is 5.53. The highest BCUT2D eigenvalue weighted by atomic mass is 35.5. The monoisotopic (exact) mass is 388 g/mol. The number of sulfonamides is 1. The zero-order valence-corrected chi connectivity index (χ0v) is 14.4. The van der Waals surface area contributed by atoms with Gasteiger partial charge in [-0.2, -0.15) is 0 Å². The van der Waals surface area contributed by atoms with Crippen molar-refractivity contribution >= 4 is 38.9 Å². The molecule has 1 heterocycles. The molecule has 9 heteroatoms. The van der Waals surface area contributed by atoms with Crippen LogP contribution in [0.15, 0.2) is 58.8 Å². The Hall–Kier alpha value is -2.03. The number of halogens is 3. The molecular formula is C15H11ClF2N2O2S2. The number of nitrogens with one attached hydrogen (secondary N) is 1. The fourth-order valence-electron chi connectivity index (χ4n) is 1.97. The summed E-state index contributed by atoms with van der Waals surface area (Å²) >= 11 is 1.03. The molecule has 0 atom stereocenters. The number of hydrogen-bond acceptors (Lipinski definition) is 4. The summed E-state index contributed by atoms with van der Waals surface area (Å²) in [6.45, 7) is 0. The normalized spacial score (nSPS) is 10.9. The fourth-order valence-corrected chi connectivity index (χ4v) is 4.08. The Morgan fingerprint density at radius 1 is 0.958 bits per heavy atom. The Bertz CT molecular complexity index is 927. The number of nitrogens with zero attached hydrogens (tertiary/aromatic N) is 1. The van der Waals surface area contributed by atoms with Crippen molar-refractivity contribution in [2.75, 3.05) is 4.72 Å². The molecule has 3 aromatic rings. The van der Waals surface area contributed by atoms with Crippen LogP contribution < -0.4 is 4.72 Å². The molecule has 0 radical (unpaired) electrons. The third kappa shape index (κ3) is 3.72. The lowest BCUT2D eigenvalue weighted by atomic mass is 10.2. The third-order valence-corrected chi connectivity index (χ3v) is 5.26. The van der Waals surface area contributed by atoms with Crippen molar-refractivity contribution in [1.82, 2.24) is 4.98 Å². The molecule has 0 unspecified atom stereocenters. The summed E-state index contributed by atoms with van der Waals surface area (Å²) in [5, 5.41) is 1.69. The summed E-state index contributed by atoms with van der Waals surface area (Å²) < 4.78 is 53.7. The summed E-state index contributed by atoms with van der Waals surface area (Å²) in [6, 6.07) is 12.0. The largest absolute Gasteiger partial charge is 0.269 e. The summed E-state index contributed by atoms with van der Waals surface area (Å²) in [6.07, 6.45) is 0. The quantitative estimate of drug-likeness (QED) is 0.724. The smallest absolute Gasteiger partial charge is 0.254 e. The van der Waals surface area contributed by atoms with Gasteiger partial charge in [0.1, 0.15) is 11.6 Å². The molecule has 24 heavy (non-hydrogen) atoms. The van der Waals surface area contributed by atoms with Crippen LogP contribution >= 0.6 is 23.7 Å². The van der Waals surface area contributed by atoms with E-state index in [1.54, 1.807) is 5.38 Å². The van der Waals surface area contributed by atoms with Gasteiger partial charge in [-0.1, -0.05) is 36.4 Å². The maximum absolute atomic E-state index is 13.6. The first-order valence-corrected chi connectivity index (χ1v) is 8.81. The highest BCUT2D eigenvalue weighted by Crippen LogP contribution is 2.27. The number of hydrogen-bond donors (Lipinski definition) is 1. The van der Waals surface area contributed by atoms with Crippen molar-refractivity contribution in [2.24, 2.45) is 0 Å². The standard InChI is InChI=1S/C15H10F2N2O2S2.ClH/c16-11-7-4-8-12(17)14(11)23(20,21)19-15-18-13(9-22-15)10-5-2-1-3-6-10;/h1-9H,(H,18,19);1H. The minimum Gasteiger partial charge on any atom is -0.254 e. The lowest BCUT2D eigenvalue weighted by Crippen LogP contribution is -2.16. The minimum atomic E-state index is -4.40. The Morgan fingerprint density at radius 3 is 2.21 bits per heavy atom. The van der Waals surface area contributed by atoms with E-state index in [0.717, 1.165) is 35.1 Å². The molecule has 3 rings (SSSR count). The van der Waals surface area contributed by atoms with Gasteiger partial charge in [-0.25, -0.2) is 22.2 Å². The van der Waals surface area contributed by atoms with Gasteiger partial charge in [0.25, 0.3) is 10.0 Å². The zero-order valence-electron chi connectivity index (χ0n) is 11.9. The van der Waals surface area contributed by atoms with Crippen LogP contribution in [0.4, 0.5) is 13.9 Å². The van der Waals surface area contributed by atoms with E-state index in [0.29, 0.717) is 5.69 Å². The van der Waals surface area contributed by atoms with Gasteiger partial charge in [-0.3, -0.25) is 4.72 Å². The van der Waals surface area contributed by atoms with E-state index < -0.39 is 26.6 Å². The highest BCUT2D eigenvalue weighted by molar-refractivity contribution is 7.93. The minimum absolute atomic E-state index is 0. The van der Waals surface area contributed by atoms with Gasteiger partial charge in [0, 0.05) is 10.9 Å². The van der Waals surface area contributed by atoms with E-state index in [1.165, 1.54) is 0 Å². The van der Waals surface area contributed by atoms with E-state index in [9.17, 15) is 17.2 Å². The molecular weight excluding hydrogens is 378 g/mol. The van der Waals surface area contributed by atoms with Crippen LogP contribution in [0.5, 0.6) is 0 Å². The molecule has 0 aliphatic heterocycles. The van der Waals surface area contributed by atoms with E-state index in [1.807, 2.05) is 30.3 Å². The average Bonchev–Trinajstić information content (AvgIpc) is 2.95. The lowest BCUT2D eigenvalue weighted by molar-refractivity contribution is 0.521. The van der Waals surface area contributed by atoms with E-state index in [4.69, 9.17) is 0 Å². The van der Waals surface area contributed by atoms with Crippen LogP contribution in [0.2, 0.25) is 0 Å². The van der Waals surface area contributed by atoms with Crippen LogP contribution in [0.1, 0.15) is 0 Å². The zero-order chi connectivity index (χ0) is 16.4. The molecule has 0 saturated heterocycles. The number of anilines is 1. The van der Waals surface area contributed by atoms with Crippen molar-refractivity contribution in [3.05, 3.63) is 65.5 Å². The van der Waals surface area contributed by atoms with Gasteiger partial charge in [-0.15, -0.1) is 23.7 Å². The number of benzene rings is 2. The molecule has 0 aliphatic rings. The fraction of sp³-hybridized carbons (Fsp3) is 0. The number of thiazole rings is 1. The Morgan fingerprint density at radius 2 is 1.58 bits per heavy atom. The van der Waals surface area contributed by atoms with Crippen molar-refractivity contribution in [2.45, 2.75) is 4.90 Å². The summed E-state index contributed by atoms with van der Waals surface area (Å²) in [7, 11) is -4.40. The molecule has 0 saturated carbocycles. The van der Waals surface area contributed by atoms with Gasteiger partial charge in [-0.05, 0) is 12.1 Å². The average molecular weight is 389 g/mol. The van der Waals surface area contributed by atoms with Crippen molar-refractivity contribution < 1.29 is 17.2 Å². The molecule has 0 aliphatic carbocycles. The number of rotatable bonds is 4. The second-order valence-electron chi connectivity index (χ2n) is 4.56. The SMILES string of the molecule is Cl.O=S(=O)(Nc1nc(-c2ccccc2)cs1)c1c(F)cccc1F. The molecule has 2 aromatic carbocycles. The Labute approximate surface area is 147 Å². The maximum atomic E-state index is 13.6.